The maximum Gasteiger partial charge on any atom is 0.323 e. The Morgan fingerprint density at radius 3 is 3.21 bits per heavy atom. The van der Waals surface area contributed by atoms with Gasteiger partial charge in [0.2, 0.25) is 0 Å². The molecule has 2 N–H and O–H groups in total. The first kappa shape index (κ1) is 9.21. The molecule has 1 aliphatic rings. The molecule has 1 aliphatic heterocycles. The van der Waals surface area contributed by atoms with Gasteiger partial charge in [-0.1, -0.05) is 0 Å². The highest BCUT2D eigenvalue weighted by atomic mass is 16.5. The van der Waals surface area contributed by atoms with Gasteiger partial charge in [-0.3, -0.25) is 10.1 Å². The van der Waals surface area contributed by atoms with Crippen LogP contribution in [0.3, 0.4) is 0 Å². The zero-order valence-electron chi connectivity index (χ0n) is 8.20. The number of rotatable bonds is 1. The zero-order valence-corrected chi connectivity index (χ0v) is 8.20. The average Bonchev–Trinajstić information content (AvgIpc) is 2.64. The van der Waals surface area contributed by atoms with Crippen LogP contribution in [0.15, 0.2) is 6.33 Å². The Balaban J connectivity index is 2.21. The molecule has 2 heterocycles. The average molecular weight is 195 g/mol. The van der Waals surface area contributed by atoms with Gasteiger partial charge in [0.15, 0.2) is 0 Å². The van der Waals surface area contributed by atoms with Gasteiger partial charge in [-0.05, 0) is 6.92 Å². The monoisotopic (exact) mass is 195 g/mol. The van der Waals surface area contributed by atoms with Crippen LogP contribution in [-0.2, 0) is 16.0 Å². The molecule has 0 aliphatic carbocycles. The van der Waals surface area contributed by atoms with E-state index >= 15 is 0 Å². The van der Waals surface area contributed by atoms with Gasteiger partial charge in [0.25, 0.3) is 0 Å². The fraction of sp³-hybridized carbons (Fsp3) is 0.556. The molecule has 14 heavy (non-hydrogen) atoms. The summed E-state index contributed by atoms with van der Waals surface area (Å²) in [4.78, 5) is 18.6. The summed E-state index contributed by atoms with van der Waals surface area (Å²) in [5.74, 6) is -0.225. The van der Waals surface area contributed by atoms with Gasteiger partial charge < -0.3 is 9.72 Å². The van der Waals surface area contributed by atoms with Gasteiger partial charge >= 0.3 is 5.97 Å². The smallest absolute Gasteiger partial charge is 0.323 e. The summed E-state index contributed by atoms with van der Waals surface area (Å²) in [6.45, 7) is 1.98. The van der Waals surface area contributed by atoms with Gasteiger partial charge in [0, 0.05) is 18.2 Å². The molecule has 0 amide bonds. The lowest BCUT2D eigenvalue weighted by Crippen LogP contribution is -2.44. The Kier molecular flexibility index (Phi) is 2.25. The third kappa shape index (κ3) is 1.39. The van der Waals surface area contributed by atoms with E-state index in [-0.39, 0.29) is 18.1 Å². The first-order valence-corrected chi connectivity index (χ1v) is 4.58. The number of fused-ring (bicyclic) bond motifs is 1. The molecule has 0 saturated heterocycles. The Bertz CT molecular complexity index is 348. The fourth-order valence-electron chi connectivity index (χ4n) is 1.81. The van der Waals surface area contributed by atoms with E-state index in [1.165, 1.54) is 7.11 Å². The minimum Gasteiger partial charge on any atom is -0.468 e. The van der Waals surface area contributed by atoms with E-state index in [0.717, 1.165) is 11.4 Å². The molecule has 5 heteroatoms. The maximum absolute atomic E-state index is 11.3. The van der Waals surface area contributed by atoms with Crippen LogP contribution in [0.2, 0.25) is 0 Å². The van der Waals surface area contributed by atoms with Crippen LogP contribution < -0.4 is 5.32 Å². The van der Waals surface area contributed by atoms with Crippen LogP contribution in [0, 0.1) is 0 Å². The molecule has 2 rings (SSSR count). The summed E-state index contributed by atoms with van der Waals surface area (Å²) in [7, 11) is 1.40. The molecule has 0 aromatic carbocycles. The van der Waals surface area contributed by atoms with E-state index in [1.54, 1.807) is 6.33 Å². The zero-order chi connectivity index (χ0) is 10.1. The summed E-state index contributed by atoms with van der Waals surface area (Å²) in [6.07, 6.45) is 2.27. The van der Waals surface area contributed by atoms with Gasteiger partial charge in [0.1, 0.15) is 6.04 Å². The van der Waals surface area contributed by atoms with Crippen molar-refractivity contribution in [3.8, 4) is 0 Å². The lowest BCUT2D eigenvalue weighted by molar-refractivity contribution is -0.143. The predicted molar refractivity (Wildman–Crippen MR) is 49.6 cm³/mol. The molecule has 76 valence electrons. The number of carbonyl (C=O) groups is 1. The number of hydrogen-bond acceptors (Lipinski definition) is 4. The standard InChI is InChI=1S/C9H13N3O2/c1-5-8-6(10-4-11-8)3-7(12-5)9(13)14-2/h4-5,7,12H,3H2,1-2H3,(H,10,11)/t5?,7-/m1/s1. The van der Waals surface area contributed by atoms with Crippen LogP contribution in [0.25, 0.3) is 0 Å². The van der Waals surface area contributed by atoms with E-state index in [2.05, 4.69) is 15.3 Å². The second-order valence-electron chi connectivity index (χ2n) is 3.43. The van der Waals surface area contributed by atoms with E-state index in [9.17, 15) is 4.79 Å². The molecule has 1 aromatic rings. The summed E-state index contributed by atoms with van der Waals surface area (Å²) in [5.41, 5.74) is 2.01. The number of imidazole rings is 1. The number of aromatic nitrogens is 2. The number of methoxy groups -OCH3 is 1. The highest BCUT2D eigenvalue weighted by Crippen LogP contribution is 2.21. The molecule has 0 bridgehead atoms. The lowest BCUT2D eigenvalue weighted by Gasteiger charge is -2.25. The number of hydrogen-bond donors (Lipinski definition) is 2. The van der Waals surface area contributed by atoms with Crippen molar-refractivity contribution in [1.82, 2.24) is 15.3 Å². The van der Waals surface area contributed by atoms with Crippen molar-refractivity contribution >= 4 is 5.97 Å². The number of esters is 1. The Hall–Kier alpha value is -1.36. The van der Waals surface area contributed by atoms with Crippen LogP contribution in [0.4, 0.5) is 0 Å². The first-order valence-electron chi connectivity index (χ1n) is 4.58. The molecule has 0 radical (unpaired) electrons. The minimum atomic E-state index is -0.261. The van der Waals surface area contributed by atoms with Crippen LogP contribution in [0.1, 0.15) is 24.4 Å². The van der Waals surface area contributed by atoms with E-state index < -0.39 is 0 Å². The highest BCUT2D eigenvalue weighted by Gasteiger charge is 2.30. The van der Waals surface area contributed by atoms with Gasteiger partial charge in [-0.2, -0.15) is 0 Å². The largest absolute Gasteiger partial charge is 0.468 e. The number of aromatic amines is 1. The summed E-state index contributed by atoms with van der Waals surface area (Å²) >= 11 is 0. The summed E-state index contributed by atoms with van der Waals surface area (Å²) in [6, 6.07) is -0.169. The lowest BCUT2D eigenvalue weighted by atomic mass is 10.0. The third-order valence-corrected chi connectivity index (χ3v) is 2.51. The molecular weight excluding hydrogens is 182 g/mol. The number of carbonyl (C=O) groups excluding carboxylic acids is 1. The Morgan fingerprint density at radius 2 is 2.50 bits per heavy atom. The van der Waals surface area contributed by atoms with E-state index in [4.69, 9.17) is 4.74 Å². The van der Waals surface area contributed by atoms with Crippen LogP contribution in [-0.4, -0.2) is 29.1 Å². The van der Waals surface area contributed by atoms with Gasteiger partial charge in [-0.15, -0.1) is 0 Å². The minimum absolute atomic E-state index is 0.0918. The quantitative estimate of drug-likeness (QED) is 0.626. The van der Waals surface area contributed by atoms with Gasteiger partial charge in [-0.25, -0.2) is 4.98 Å². The molecule has 0 saturated carbocycles. The van der Waals surface area contributed by atoms with Crippen molar-refractivity contribution < 1.29 is 9.53 Å². The molecule has 1 unspecified atom stereocenters. The molecule has 2 atom stereocenters. The van der Waals surface area contributed by atoms with Crippen LogP contribution in [0.5, 0.6) is 0 Å². The second kappa shape index (κ2) is 3.42. The molecule has 1 aromatic heterocycles. The van der Waals surface area contributed by atoms with Crippen LogP contribution >= 0.6 is 0 Å². The fourth-order valence-corrected chi connectivity index (χ4v) is 1.81. The number of nitrogens with one attached hydrogen (secondary N) is 2. The number of nitrogens with zero attached hydrogens (tertiary/aromatic N) is 1. The van der Waals surface area contributed by atoms with Crippen molar-refractivity contribution in [2.24, 2.45) is 0 Å². The van der Waals surface area contributed by atoms with Crippen molar-refractivity contribution in [2.45, 2.75) is 25.4 Å². The van der Waals surface area contributed by atoms with Crippen molar-refractivity contribution in [2.75, 3.05) is 7.11 Å². The maximum atomic E-state index is 11.3. The predicted octanol–water partition coefficient (Wildman–Crippen LogP) is 0.158. The van der Waals surface area contributed by atoms with Crippen molar-refractivity contribution in [3.63, 3.8) is 0 Å². The second-order valence-corrected chi connectivity index (χ2v) is 3.43. The molecule has 5 nitrogen and oxygen atoms in total. The van der Waals surface area contributed by atoms with Crippen molar-refractivity contribution in [1.29, 1.82) is 0 Å². The number of H-pyrrole nitrogens is 1. The van der Waals surface area contributed by atoms with Crippen molar-refractivity contribution in [3.05, 3.63) is 17.7 Å². The molecule has 0 fully saturated rings. The van der Waals surface area contributed by atoms with E-state index in [1.807, 2.05) is 6.92 Å². The topological polar surface area (TPSA) is 67.0 Å². The van der Waals surface area contributed by atoms with Gasteiger partial charge in [0.05, 0.1) is 19.1 Å². The summed E-state index contributed by atoms with van der Waals surface area (Å²) in [5, 5.41) is 3.15. The molecule has 0 spiro atoms. The SMILES string of the molecule is COC(=O)[C@H]1Cc2[nH]cnc2C(C)N1. The first-order chi connectivity index (χ1) is 6.72. The third-order valence-electron chi connectivity index (χ3n) is 2.51. The highest BCUT2D eigenvalue weighted by molar-refractivity contribution is 5.76. The normalized spacial score (nSPS) is 25.6. The number of ether oxygens (including phenoxy) is 1. The Labute approximate surface area is 81.9 Å². The molecular formula is C9H13N3O2. The van der Waals surface area contributed by atoms with E-state index in [0.29, 0.717) is 6.42 Å². The summed E-state index contributed by atoms with van der Waals surface area (Å²) < 4.78 is 4.69. The Morgan fingerprint density at radius 1 is 1.71 bits per heavy atom.